The third-order valence-corrected chi connectivity index (χ3v) is 4.42. The summed E-state index contributed by atoms with van der Waals surface area (Å²) in [6, 6.07) is -0.444. The van der Waals surface area contributed by atoms with Crippen LogP contribution in [0.25, 0.3) is 0 Å². The van der Waals surface area contributed by atoms with Crippen molar-refractivity contribution in [3.05, 3.63) is 0 Å². The Bertz CT molecular complexity index is 374. The van der Waals surface area contributed by atoms with Crippen LogP contribution in [0.1, 0.15) is 78.1 Å². The van der Waals surface area contributed by atoms with E-state index < -0.39 is 22.9 Å². The van der Waals surface area contributed by atoms with Gasteiger partial charge in [0.05, 0.1) is 13.0 Å². The smallest absolute Gasteiger partial charge is 0.342 e. The van der Waals surface area contributed by atoms with Crippen LogP contribution in [0.15, 0.2) is 0 Å². The van der Waals surface area contributed by atoms with Crippen LogP contribution in [0.5, 0.6) is 0 Å². The van der Waals surface area contributed by atoms with Crippen LogP contribution >= 0.6 is 0 Å². The highest BCUT2D eigenvalue weighted by molar-refractivity contribution is 5.72. The Hall–Kier alpha value is -1.14. The second-order valence-corrected chi connectivity index (χ2v) is 6.42. The van der Waals surface area contributed by atoms with E-state index in [2.05, 4.69) is 12.2 Å². The summed E-state index contributed by atoms with van der Waals surface area (Å²) in [7, 11) is 0. The van der Waals surface area contributed by atoms with Gasteiger partial charge < -0.3 is 5.11 Å². The van der Waals surface area contributed by atoms with Crippen LogP contribution in [0.2, 0.25) is 0 Å². The minimum absolute atomic E-state index is 0.278. The van der Waals surface area contributed by atoms with Crippen molar-refractivity contribution >= 4 is 12.0 Å². The average molecular weight is 329 g/mol. The minimum atomic E-state index is -1.05. The van der Waals surface area contributed by atoms with Crippen LogP contribution in [0.3, 0.4) is 0 Å². The maximum atomic E-state index is 11.9. The van der Waals surface area contributed by atoms with E-state index in [0.717, 1.165) is 19.3 Å². The maximum absolute atomic E-state index is 11.9. The zero-order valence-corrected chi connectivity index (χ0v) is 14.7. The first-order valence-corrected chi connectivity index (χ1v) is 9.09. The number of aliphatic hydroxyl groups is 1. The molecule has 0 bridgehead atoms. The van der Waals surface area contributed by atoms with Crippen LogP contribution in [-0.4, -0.2) is 41.1 Å². The predicted molar refractivity (Wildman–Crippen MR) is 88.1 cm³/mol. The number of amides is 2. The fourth-order valence-electron chi connectivity index (χ4n) is 2.89. The lowest BCUT2D eigenvalue weighted by molar-refractivity contribution is -1.05. The molecule has 6 heteroatoms. The lowest BCUT2D eigenvalue weighted by atomic mass is 10.1. The SMILES string of the molecule is CCCCCCCCCCCC(=O)O[N+]1(C(C)O)CCNC1=O. The molecule has 0 spiro atoms. The highest BCUT2D eigenvalue weighted by Crippen LogP contribution is 2.19. The standard InChI is InChI=1S/C17H32N2O4/c1-3-4-5-6-7-8-9-10-11-12-16(21)23-19(15(2)20)14-13-18-17(19)22/h15,20H,3-14H2,1-2H3/p+1. The van der Waals surface area contributed by atoms with Crippen molar-refractivity contribution in [3.63, 3.8) is 0 Å². The molecule has 2 N–H and O–H groups in total. The van der Waals surface area contributed by atoms with Gasteiger partial charge >= 0.3 is 12.0 Å². The summed E-state index contributed by atoms with van der Waals surface area (Å²) in [6.45, 7) is 4.38. The van der Waals surface area contributed by atoms with Crippen molar-refractivity contribution < 1.29 is 24.2 Å². The zero-order valence-electron chi connectivity index (χ0n) is 14.7. The Morgan fingerprint density at radius 3 is 2.22 bits per heavy atom. The summed E-state index contributed by atoms with van der Waals surface area (Å²) in [4.78, 5) is 29.0. The number of quaternary nitrogens is 1. The minimum Gasteiger partial charge on any atom is -0.342 e. The van der Waals surface area contributed by atoms with E-state index in [1.807, 2.05) is 0 Å². The van der Waals surface area contributed by atoms with E-state index in [9.17, 15) is 14.7 Å². The van der Waals surface area contributed by atoms with Gasteiger partial charge in [-0.3, -0.25) is 10.2 Å². The largest absolute Gasteiger partial charge is 0.460 e. The Balaban J connectivity index is 2.13. The van der Waals surface area contributed by atoms with E-state index in [-0.39, 0.29) is 6.54 Å². The number of rotatable bonds is 12. The molecule has 2 unspecified atom stereocenters. The number of carbonyl (C=O) groups excluding carboxylic acids is 2. The van der Waals surface area contributed by atoms with Crippen molar-refractivity contribution in [1.29, 1.82) is 0 Å². The van der Waals surface area contributed by atoms with Gasteiger partial charge in [0.1, 0.15) is 6.54 Å². The van der Waals surface area contributed by atoms with Crippen molar-refractivity contribution in [2.75, 3.05) is 13.1 Å². The zero-order chi connectivity index (χ0) is 17.1. The third kappa shape index (κ3) is 6.47. The number of aliphatic hydroxyl groups excluding tert-OH is 1. The highest BCUT2D eigenvalue weighted by atomic mass is 16.8. The van der Waals surface area contributed by atoms with Crippen LogP contribution in [0.4, 0.5) is 4.79 Å². The third-order valence-electron chi connectivity index (χ3n) is 4.42. The van der Waals surface area contributed by atoms with Gasteiger partial charge in [0.25, 0.3) is 0 Å². The monoisotopic (exact) mass is 329 g/mol. The molecule has 1 saturated heterocycles. The van der Waals surface area contributed by atoms with Gasteiger partial charge in [-0.1, -0.05) is 58.3 Å². The van der Waals surface area contributed by atoms with Gasteiger partial charge in [-0.2, -0.15) is 0 Å². The highest BCUT2D eigenvalue weighted by Gasteiger charge is 2.51. The number of hydrogen-bond donors (Lipinski definition) is 2. The van der Waals surface area contributed by atoms with Gasteiger partial charge in [-0.15, -0.1) is 0 Å². The summed E-state index contributed by atoms with van der Waals surface area (Å²) >= 11 is 0. The summed E-state index contributed by atoms with van der Waals surface area (Å²) in [5, 5.41) is 12.4. The molecule has 2 atom stereocenters. The van der Waals surface area contributed by atoms with Crippen molar-refractivity contribution in [3.8, 4) is 0 Å². The van der Waals surface area contributed by atoms with Gasteiger partial charge in [-0.05, 0) is 11.1 Å². The summed E-state index contributed by atoms with van der Waals surface area (Å²) < 4.78 is -0.643. The molecule has 2 amide bonds. The Labute approximate surface area is 139 Å². The Kier molecular flexibility index (Phi) is 9.17. The molecule has 1 heterocycles. The molecular weight excluding hydrogens is 296 g/mol. The van der Waals surface area contributed by atoms with Crippen LogP contribution in [-0.2, 0) is 9.63 Å². The number of nitrogens with one attached hydrogen (secondary N) is 1. The topological polar surface area (TPSA) is 75.6 Å². The number of hydrogen-bond acceptors (Lipinski definition) is 4. The lowest BCUT2D eigenvalue weighted by Crippen LogP contribution is -2.57. The first-order valence-electron chi connectivity index (χ1n) is 9.09. The Morgan fingerprint density at radius 2 is 1.74 bits per heavy atom. The quantitative estimate of drug-likeness (QED) is 0.426. The summed E-state index contributed by atoms with van der Waals surface area (Å²) in [5.74, 6) is -0.411. The molecule has 0 aromatic carbocycles. The molecule has 134 valence electrons. The van der Waals surface area contributed by atoms with Gasteiger partial charge in [0.15, 0.2) is 0 Å². The molecule has 0 saturated carbocycles. The molecule has 0 aromatic rings. The number of unbranched alkanes of at least 4 members (excludes halogenated alkanes) is 8. The van der Waals surface area contributed by atoms with Crippen LogP contribution < -0.4 is 5.32 Å². The molecule has 0 aliphatic carbocycles. The average Bonchev–Trinajstić information content (AvgIpc) is 2.87. The molecule has 1 fully saturated rings. The molecule has 1 aliphatic rings. The summed E-state index contributed by atoms with van der Waals surface area (Å²) in [5.41, 5.74) is 0. The van der Waals surface area contributed by atoms with E-state index in [0.29, 0.717) is 13.0 Å². The molecule has 1 aliphatic heterocycles. The number of nitrogens with zero attached hydrogens (tertiary/aromatic N) is 1. The molecule has 1 rings (SSSR count). The molecular formula is C17H33N2O4+. The van der Waals surface area contributed by atoms with E-state index in [1.54, 1.807) is 0 Å². The molecule has 0 radical (unpaired) electrons. The molecule has 6 nitrogen and oxygen atoms in total. The number of hydroxylamine groups is 3. The predicted octanol–water partition coefficient (Wildman–Crippen LogP) is 3.24. The number of carbonyl (C=O) groups is 2. The van der Waals surface area contributed by atoms with E-state index in [1.165, 1.54) is 45.4 Å². The molecule has 0 aromatic heterocycles. The first-order chi connectivity index (χ1) is 11.0. The van der Waals surface area contributed by atoms with Crippen molar-refractivity contribution in [2.45, 2.75) is 84.3 Å². The first kappa shape index (κ1) is 19.9. The van der Waals surface area contributed by atoms with Crippen LogP contribution in [0, 0.1) is 0 Å². The Morgan fingerprint density at radius 1 is 1.17 bits per heavy atom. The maximum Gasteiger partial charge on any atom is 0.460 e. The van der Waals surface area contributed by atoms with E-state index >= 15 is 0 Å². The second-order valence-electron chi connectivity index (χ2n) is 6.42. The second kappa shape index (κ2) is 10.6. The van der Waals surface area contributed by atoms with Gasteiger partial charge in [0, 0.05) is 6.92 Å². The summed E-state index contributed by atoms with van der Waals surface area (Å²) in [6.07, 6.45) is 9.87. The lowest BCUT2D eigenvalue weighted by Gasteiger charge is -2.28. The fraction of sp³-hybridized carbons (Fsp3) is 0.882. The fourth-order valence-corrected chi connectivity index (χ4v) is 2.89. The number of urea groups is 1. The van der Waals surface area contributed by atoms with Gasteiger partial charge in [-0.25, -0.2) is 9.59 Å². The normalized spacial score (nSPS) is 22.0. The van der Waals surface area contributed by atoms with Crippen molar-refractivity contribution in [1.82, 2.24) is 5.32 Å². The van der Waals surface area contributed by atoms with Gasteiger partial charge in [0.2, 0.25) is 6.23 Å². The molecule has 23 heavy (non-hydrogen) atoms. The van der Waals surface area contributed by atoms with Crippen molar-refractivity contribution in [2.24, 2.45) is 0 Å². The van der Waals surface area contributed by atoms with E-state index in [4.69, 9.17) is 4.84 Å².